The van der Waals surface area contributed by atoms with E-state index in [1.165, 1.54) is 116 Å². The number of unbranched alkanes of at least 4 members (excludes halogenated alkanes) is 12. The van der Waals surface area contributed by atoms with Crippen molar-refractivity contribution < 1.29 is 0 Å². The molecule has 0 fully saturated rings. The van der Waals surface area contributed by atoms with Gasteiger partial charge in [0.25, 0.3) is 0 Å². The summed E-state index contributed by atoms with van der Waals surface area (Å²) in [4.78, 5) is 0. The zero-order valence-electron chi connectivity index (χ0n) is 19.0. The van der Waals surface area contributed by atoms with Crippen molar-refractivity contribution in [3.8, 4) is 0 Å². The molecule has 0 rings (SSSR count). The van der Waals surface area contributed by atoms with Crippen LogP contribution in [-0.4, -0.2) is 0 Å². The highest BCUT2D eigenvalue weighted by atomic mass is 14.1. The highest BCUT2D eigenvalue weighted by Gasteiger charge is 2.08. The third-order valence-corrected chi connectivity index (χ3v) is 5.81. The van der Waals surface area contributed by atoms with Gasteiger partial charge in [-0.1, -0.05) is 130 Å². The van der Waals surface area contributed by atoms with E-state index in [9.17, 15) is 0 Å². The van der Waals surface area contributed by atoms with Gasteiger partial charge in [-0.25, -0.2) is 0 Å². The lowest BCUT2D eigenvalue weighted by Crippen LogP contribution is -2.03. The number of hydrogen-bond acceptors (Lipinski definition) is 0. The lowest BCUT2D eigenvalue weighted by molar-refractivity contribution is 0.359. The van der Waals surface area contributed by atoms with Gasteiger partial charge >= 0.3 is 0 Å². The summed E-state index contributed by atoms with van der Waals surface area (Å²) in [6.07, 6.45) is 30.3. The lowest BCUT2D eigenvalue weighted by atomic mass is 9.90. The molecule has 0 aromatic carbocycles. The average Bonchev–Trinajstić information content (AvgIpc) is 2.63. The Labute approximate surface area is 167 Å². The van der Waals surface area contributed by atoms with Crippen LogP contribution in [0.1, 0.15) is 143 Å². The van der Waals surface area contributed by atoms with E-state index in [-0.39, 0.29) is 0 Å². The Morgan fingerprint density at radius 2 is 0.923 bits per heavy atom. The number of rotatable bonds is 20. The molecule has 0 bridgehead atoms. The maximum atomic E-state index is 2.47. The highest BCUT2D eigenvalue weighted by molar-refractivity contribution is 4.81. The van der Waals surface area contributed by atoms with Gasteiger partial charge in [-0.15, -0.1) is 0 Å². The predicted octanol–water partition coefficient (Wildman–Crippen LogP) is 9.88. The number of hydrogen-bond donors (Lipinski definition) is 0. The molecule has 0 nitrogen and oxygen atoms in total. The Bertz CT molecular complexity index is 278. The van der Waals surface area contributed by atoms with Crippen molar-refractivity contribution in [2.45, 2.75) is 143 Å². The monoisotopic (exact) mass is 364 g/mol. The van der Waals surface area contributed by atoms with E-state index in [2.05, 4.69) is 39.8 Å². The van der Waals surface area contributed by atoms with Crippen LogP contribution in [0.5, 0.6) is 0 Å². The van der Waals surface area contributed by atoms with E-state index in [0.717, 1.165) is 11.8 Å². The van der Waals surface area contributed by atoms with Crippen LogP contribution in [0.25, 0.3) is 0 Å². The summed E-state index contributed by atoms with van der Waals surface area (Å²) in [7, 11) is 0. The molecule has 0 heterocycles. The molecule has 0 aromatic rings. The van der Waals surface area contributed by atoms with Crippen LogP contribution in [-0.2, 0) is 0 Å². The minimum absolute atomic E-state index is 0.941. The summed E-state index contributed by atoms with van der Waals surface area (Å²) in [6, 6.07) is 0. The Kier molecular flexibility index (Phi) is 20.8. The molecule has 0 heteroatoms. The van der Waals surface area contributed by atoms with E-state index < -0.39 is 0 Å². The largest absolute Gasteiger partial charge is 0.0885 e. The molecule has 0 aliphatic carbocycles. The van der Waals surface area contributed by atoms with Crippen molar-refractivity contribution in [2.24, 2.45) is 11.8 Å². The second-order valence-electron chi connectivity index (χ2n) is 8.96. The molecule has 0 saturated carbocycles. The summed E-state index contributed by atoms with van der Waals surface area (Å²) < 4.78 is 0. The average molecular weight is 365 g/mol. The van der Waals surface area contributed by atoms with E-state index >= 15 is 0 Å². The first-order chi connectivity index (χ1) is 12.7. The third-order valence-electron chi connectivity index (χ3n) is 5.81. The first-order valence-electron chi connectivity index (χ1n) is 12.4. The van der Waals surface area contributed by atoms with Crippen molar-refractivity contribution in [1.82, 2.24) is 0 Å². The molecular formula is C26H52. The van der Waals surface area contributed by atoms with Crippen LogP contribution >= 0.6 is 0 Å². The zero-order chi connectivity index (χ0) is 19.3. The predicted molar refractivity (Wildman–Crippen MR) is 122 cm³/mol. The molecule has 0 spiro atoms. The van der Waals surface area contributed by atoms with Crippen LogP contribution in [0.4, 0.5) is 0 Å². The standard InChI is InChI=1S/C26H52/c1-5-7-9-10-11-12-13-14-15-16-17-18-19-20-21-23-26(4)24-25(3)22-8-6-2/h10-11,25-26H,5-9,12-24H2,1-4H3/b11-10+. The zero-order valence-corrected chi connectivity index (χ0v) is 19.0. The molecule has 0 saturated heterocycles. The van der Waals surface area contributed by atoms with Crippen molar-refractivity contribution in [3.63, 3.8) is 0 Å². The molecule has 2 unspecified atom stereocenters. The third kappa shape index (κ3) is 20.1. The van der Waals surface area contributed by atoms with Gasteiger partial charge in [-0.2, -0.15) is 0 Å². The van der Waals surface area contributed by atoms with E-state index in [4.69, 9.17) is 0 Å². The second kappa shape index (κ2) is 21.0. The van der Waals surface area contributed by atoms with Crippen molar-refractivity contribution in [1.29, 1.82) is 0 Å². The molecule has 0 amide bonds. The fraction of sp³-hybridized carbons (Fsp3) is 0.923. The fourth-order valence-corrected chi connectivity index (χ4v) is 4.03. The quantitative estimate of drug-likeness (QED) is 0.149. The number of allylic oxidation sites excluding steroid dienone is 2. The molecule has 0 aliphatic heterocycles. The van der Waals surface area contributed by atoms with Gasteiger partial charge in [-0.3, -0.25) is 0 Å². The van der Waals surface area contributed by atoms with Gasteiger partial charge in [0.2, 0.25) is 0 Å². The molecule has 0 aromatic heterocycles. The van der Waals surface area contributed by atoms with Gasteiger partial charge in [0.05, 0.1) is 0 Å². The highest BCUT2D eigenvalue weighted by Crippen LogP contribution is 2.22. The van der Waals surface area contributed by atoms with Gasteiger partial charge < -0.3 is 0 Å². The van der Waals surface area contributed by atoms with E-state index in [1.807, 2.05) is 0 Å². The van der Waals surface area contributed by atoms with E-state index in [0.29, 0.717) is 0 Å². The summed E-state index contributed by atoms with van der Waals surface area (Å²) >= 11 is 0. The van der Waals surface area contributed by atoms with Crippen LogP contribution in [0.3, 0.4) is 0 Å². The summed E-state index contributed by atoms with van der Waals surface area (Å²) in [5.74, 6) is 1.88. The van der Waals surface area contributed by atoms with Crippen molar-refractivity contribution >= 4 is 0 Å². The van der Waals surface area contributed by atoms with Gasteiger partial charge in [0, 0.05) is 0 Å². The molecule has 2 atom stereocenters. The maximum Gasteiger partial charge on any atom is -0.0351 e. The lowest BCUT2D eigenvalue weighted by Gasteiger charge is -2.16. The Morgan fingerprint density at radius 3 is 1.46 bits per heavy atom. The normalized spacial score (nSPS) is 14.2. The van der Waals surface area contributed by atoms with Crippen LogP contribution in [0.2, 0.25) is 0 Å². The first kappa shape index (κ1) is 25.7. The van der Waals surface area contributed by atoms with Crippen LogP contribution in [0.15, 0.2) is 12.2 Å². The van der Waals surface area contributed by atoms with Gasteiger partial charge in [0.15, 0.2) is 0 Å². The maximum absolute atomic E-state index is 2.47. The molecule has 0 N–H and O–H groups in total. The molecule has 156 valence electrons. The first-order valence-corrected chi connectivity index (χ1v) is 12.4. The van der Waals surface area contributed by atoms with Crippen molar-refractivity contribution in [2.75, 3.05) is 0 Å². The summed E-state index contributed by atoms with van der Waals surface area (Å²) in [5.41, 5.74) is 0. The molecular weight excluding hydrogens is 312 g/mol. The van der Waals surface area contributed by atoms with Gasteiger partial charge in [-0.05, 0) is 37.5 Å². The Morgan fingerprint density at radius 1 is 0.500 bits per heavy atom. The topological polar surface area (TPSA) is 0 Å². The molecule has 26 heavy (non-hydrogen) atoms. The van der Waals surface area contributed by atoms with Crippen molar-refractivity contribution in [3.05, 3.63) is 12.2 Å². The summed E-state index contributed by atoms with van der Waals surface area (Å²) in [6.45, 7) is 9.50. The molecule has 0 radical (unpaired) electrons. The fourth-order valence-electron chi connectivity index (χ4n) is 4.03. The van der Waals surface area contributed by atoms with E-state index in [1.54, 1.807) is 0 Å². The Hall–Kier alpha value is -0.260. The van der Waals surface area contributed by atoms with Crippen LogP contribution < -0.4 is 0 Å². The van der Waals surface area contributed by atoms with Gasteiger partial charge in [0.1, 0.15) is 0 Å². The minimum atomic E-state index is 0.941. The summed E-state index contributed by atoms with van der Waals surface area (Å²) in [5, 5.41) is 0. The second-order valence-corrected chi connectivity index (χ2v) is 8.96. The smallest absolute Gasteiger partial charge is 0.0351 e. The minimum Gasteiger partial charge on any atom is -0.0885 e. The Balaban J connectivity index is 3.22. The van der Waals surface area contributed by atoms with Crippen LogP contribution in [0, 0.1) is 11.8 Å². The SMILES string of the molecule is CCCC/C=C/CCCCCCCCCCCC(C)CC(C)CCCC. The molecule has 0 aliphatic rings.